The van der Waals surface area contributed by atoms with Crippen LogP contribution in [0.25, 0.3) is 17.1 Å². The molecule has 0 saturated carbocycles. The second-order valence-electron chi connectivity index (χ2n) is 7.68. The topological polar surface area (TPSA) is 136 Å². The number of carbonyl (C=O) groups is 1. The van der Waals surface area contributed by atoms with Crippen LogP contribution in [-0.4, -0.2) is 52.8 Å². The molecule has 3 aromatic heterocycles. The van der Waals surface area contributed by atoms with Gasteiger partial charge in [-0.05, 0) is 43.3 Å². The molecule has 0 atom stereocenters. The first-order valence-electron chi connectivity index (χ1n) is 10.9. The van der Waals surface area contributed by atoms with Crippen molar-refractivity contribution < 1.29 is 22.7 Å². The van der Waals surface area contributed by atoms with E-state index in [1.807, 2.05) is 0 Å². The molecule has 15 heteroatoms. The van der Waals surface area contributed by atoms with Gasteiger partial charge in [-0.1, -0.05) is 11.6 Å². The van der Waals surface area contributed by atoms with Crippen LogP contribution >= 0.6 is 11.6 Å². The van der Waals surface area contributed by atoms with Crippen LogP contribution < -0.4 is 16.2 Å². The maximum atomic E-state index is 13.1. The number of benzene rings is 1. The fraction of sp³-hybridized carbons (Fsp3) is 0.273. The molecule has 4 aromatic rings. The van der Waals surface area contributed by atoms with Crippen LogP contribution in [0.15, 0.2) is 47.4 Å². The average molecular weight is 537 g/mol. The summed E-state index contributed by atoms with van der Waals surface area (Å²) in [5.74, 6) is -1.03. The first kappa shape index (κ1) is 25.9. The number of ether oxygens (including phenoxy) is 1. The summed E-state index contributed by atoms with van der Waals surface area (Å²) in [7, 11) is 0. The quantitative estimate of drug-likeness (QED) is 0.347. The van der Waals surface area contributed by atoms with Gasteiger partial charge in [0, 0.05) is 23.3 Å². The smallest absolute Gasteiger partial charge is 0.390 e. The third kappa shape index (κ3) is 5.80. The van der Waals surface area contributed by atoms with Crippen molar-refractivity contribution in [2.24, 2.45) is 5.73 Å². The molecule has 0 radical (unpaired) electrons. The first-order valence-corrected chi connectivity index (χ1v) is 11.3. The average Bonchev–Trinajstić information content (AvgIpc) is 3.40. The van der Waals surface area contributed by atoms with E-state index in [0.29, 0.717) is 10.6 Å². The minimum Gasteiger partial charge on any atom is -0.476 e. The Kier molecular flexibility index (Phi) is 7.29. The molecule has 0 aliphatic heterocycles. The standard InChI is InChI=1S/C22H20ClF3N8O3/c1-2-37-20-15(4-3-10-28-20)34-19(17(27)35)29-16(30-34)12-33-21(36)32(11-9-22(24,25)26)18(31-33)13-5-7-14(23)8-6-13/h3-8,10H,2,9,11-12H2,1H3,(H2,27,35). The second kappa shape index (κ2) is 10.4. The number of hydrogen-bond acceptors (Lipinski definition) is 7. The van der Waals surface area contributed by atoms with Gasteiger partial charge < -0.3 is 10.5 Å². The molecule has 1 aromatic carbocycles. The van der Waals surface area contributed by atoms with Gasteiger partial charge in [0.1, 0.15) is 12.2 Å². The Bertz CT molecular complexity index is 1480. The number of halogens is 4. The molecule has 1 amide bonds. The summed E-state index contributed by atoms with van der Waals surface area (Å²) in [5.41, 5.74) is 5.33. The van der Waals surface area contributed by atoms with Crippen LogP contribution in [0, 0.1) is 0 Å². The van der Waals surface area contributed by atoms with Crippen molar-refractivity contribution in [2.75, 3.05) is 6.61 Å². The molecule has 0 saturated heterocycles. The minimum absolute atomic E-state index is 0.00589. The van der Waals surface area contributed by atoms with Gasteiger partial charge in [0.2, 0.25) is 11.7 Å². The molecule has 0 aliphatic rings. The number of nitrogens with zero attached hydrogens (tertiary/aromatic N) is 7. The Morgan fingerprint density at radius 1 is 1.16 bits per heavy atom. The van der Waals surface area contributed by atoms with Gasteiger partial charge >= 0.3 is 11.9 Å². The van der Waals surface area contributed by atoms with Crippen molar-refractivity contribution in [3.05, 3.63) is 69.8 Å². The Balaban J connectivity index is 1.76. The van der Waals surface area contributed by atoms with Crippen LogP contribution in [0.5, 0.6) is 5.88 Å². The van der Waals surface area contributed by atoms with Crippen molar-refractivity contribution in [1.82, 2.24) is 34.1 Å². The lowest BCUT2D eigenvalue weighted by molar-refractivity contribution is -0.136. The van der Waals surface area contributed by atoms with E-state index in [4.69, 9.17) is 22.1 Å². The van der Waals surface area contributed by atoms with Crippen molar-refractivity contribution in [3.63, 3.8) is 0 Å². The molecular weight excluding hydrogens is 517 g/mol. The number of nitrogens with two attached hydrogens (primary N) is 1. The molecule has 194 valence electrons. The first-order chi connectivity index (χ1) is 17.6. The van der Waals surface area contributed by atoms with Gasteiger partial charge in [0.05, 0.1) is 13.0 Å². The highest BCUT2D eigenvalue weighted by Crippen LogP contribution is 2.24. The van der Waals surface area contributed by atoms with Gasteiger partial charge in [-0.3, -0.25) is 9.36 Å². The van der Waals surface area contributed by atoms with Gasteiger partial charge in [-0.15, -0.1) is 10.2 Å². The second-order valence-corrected chi connectivity index (χ2v) is 8.11. The molecule has 0 bridgehead atoms. The Morgan fingerprint density at radius 3 is 2.54 bits per heavy atom. The summed E-state index contributed by atoms with van der Waals surface area (Å²) in [6, 6.07) is 9.30. The predicted octanol–water partition coefficient (Wildman–Crippen LogP) is 2.84. The molecule has 0 unspecified atom stereocenters. The lowest BCUT2D eigenvalue weighted by atomic mass is 10.2. The van der Waals surface area contributed by atoms with E-state index in [9.17, 15) is 22.8 Å². The minimum atomic E-state index is -4.49. The zero-order valence-electron chi connectivity index (χ0n) is 19.3. The fourth-order valence-corrected chi connectivity index (χ4v) is 3.60. The summed E-state index contributed by atoms with van der Waals surface area (Å²) >= 11 is 5.91. The highest BCUT2D eigenvalue weighted by atomic mass is 35.5. The Morgan fingerprint density at radius 2 is 1.89 bits per heavy atom. The third-order valence-electron chi connectivity index (χ3n) is 5.07. The van der Waals surface area contributed by atoms with Crippen molar-refractivity contribution >= 4 is 17.5 Å². The normalized spacial score (nSPS) is 11.6. The predicted molar refractivity (Wildman–Crippen MR) is 126 cm³/mol. The maximum Gasteiger partial charge on any atom is 0.390 e. The number of carbonyl (C=O) groups excluding carboxylic acids is 1. The van der Waals surface area contributed by atoms with E-state index in [0.717, 1.165) is 13.9 Å². The summed E-state index contributed by atoms with van der Waals surface area (Å²) < 4.78 is 47.3. The van der Waals surface area contributed by atoms with E-state index in [1.165, 1.54) is 30.5 Å². The van der Waals surface area contributed by atoms with Crippen LogP contribution in [0.1, 0.15) is 29.8 Å². The van der Waals surface area contributed by atoms with Crippen LogP contribution in [0.2, 0.25) is 5.02 Å². The van der Waals surface area contributed by atoms with Gasteiger partial charge in [0.15, 0.2) is 11.6 Å². The van der Waals surface area contributed by atoms with Gasteiger partial charge in [-0.2, -0.15) is 13.2 Å². The Hall–Kier alpha value is -4.20. The van der Waals surface area contributed by atoms with E-state index in [-0.39, 0.29) is 42.2 Å². The molecule has 2 N–H and O–H groups in total. The van der Waals surface area contributed by atoms with Crippen LogP contribution in [-0.2, 0) is 13.1 Å². The number of aromatic nitrogens is 7. The van der Waals surface area contributed by atoms with E-state index < -0.39 is 30.7 Å². The van der Waals surface area contributed by atoms with Crippen molar-refractivity contribution in [2.45, 2.75) is 32.6 Å². The third-order valence-corrected chi connectivity index (χ3v) is 5.32. The molecule has 11 nitrogen and oxygen atoms in total. The maximum absolute atomic E-state index is 13.1. The molecule has 0 fully saturated rings. The molecule has 0 aliphatic carbocycles. The SMILES string of the molecule is CCOc1ncccc1-n1nc(Cn2nc(-c3ccc(Cl)cc3)n(CCC(F)(F)F)c2=O)nc1C(N)=O. The lowest BCUT2D eigenvalue weighted by Crippen LogP contribution is -2.27. The highest BCUT2D eigenvalue weighted by Gasteiger charge is 2.29. The fourth-order valence-electron chi connectivity index (χ4n) is 3.47. The molecule has 3 heterocycles. The Labute approximate surface area is 212 Å². The number of alkyl halides is 3. The lowest BCUT2D eigenvalue weighted by Gasteiger charge is -2.09. The molecule has 0 spiro atoms. The summed E-state index contributed by atoms with van der Waals surface area (Å²) in [6.07, 6.45) is -4.24. The molecule has 4 rings (SSSR count). The zero-order chi connectivity index (χ0) is 26.7. The molecular formula is C22H20ClF3N8O3. The van der Waals surface area contributed by atoms with E-state index in [2.05, 4.69) is 20.2 Å². The number of primary amides is 1. The molecule has 37 heavy (non-hydrogen) atoms. The number of hydrogen-bond donors (Lipinski definition) is 1. The van der Waals surface area contributed by atoms with Crippen LogP contribution in [0.4, 0.5) is 13.2 Å². The van der Waals surface area contributed by atoms with E-state index >= 15 is 0 Å². The monoisotopic (exact) mass is 536 g/mol. The van der Waals surface area contributed by atoms with Gasteiger partial charge in [0.25, 0.3) is 5.91 Å². The summed E-state index contributed by atoms with van der Waals surface area (Å²) in [5, 5.41) is 8.90. The largest absolute Gasteiger partial charge is 0.476 e. The van der Waals surface area contributed by atoms with Crippen LogP contribution in [0.3, 0.4) is 0 Å². The van der Waals surface area contributed by atoms with E-state index in [1.54, 1.807) is 19.1 Å². The summed E-state index contributed by atoms with van der Waals surface area (Å²) in [4.78, 5) is 33.4. The van der Waals surface area contributed by atoms with Gasteiger partial charge in [-0.25, -0.2) is 24.1 Å². The zero-order valence-corrected chi connectivity index (χ0v) is 20.1. The number of rotatable bonds is 9. The van der Waals surface area contributed by atoms with Crippen molar-refractivity contribution in [1.29, 1.82) is 0 Å². The number of amides is 1. The summed E-state index contributed by atoms with van der Waals surface area (Å²) in [6.45, 7) is 1.04. The number of pyridine rings is 1. The van der Waals surface area contributed by atoms with Crippen molar-refractivity contribution in [3.8, 4) is 23.0 Å². The highest BCUT2D eigenvalue weighted by molar-refractivity contribution is 6.30.